The van der Waals surface area contributed by atoms with Crippen LogP contribution in [0.25, 0.3) is 0 Å². The topological polar surface area (TPSA) is 37.4 Å². The van der Waals surface area contributed by atoms with Crippen LogP contribution >= 0.6 is 0 Å². The molecule has 1 aromatic carbocycles. The molecule has 0 bridgehead atoms. The van der Waals surface area contributed by atoms with E-state index in [2.05, 4.69) is 26.5 Å². The number of carbonyl (C=O) groups is 2. The lowest BCUT2D eigenvalue weighted by Gasteiger charge is -2.10. The van der Waals surface area contributed by atoms with E-state index >= 15 is 0 Å². The Kier molecular flexibility index (Phi) is 3.41. The lowest BCUT2D eigenvalue weighted by Crippen LogP contribution is -2.29. The molecule has 0 unspecified atom stereocenters. The van der Waals surface area contributed by atoms with Gasteiger partial charge in [-0.2, -0.15) is 0 Å². The molecule has 3 heteroatoms. The number of nitrogens with zero attached hydrogens (tertiary/aromatic N) is 1. The van der Waals surface area contributed by atoms with Crippen LogP contribution in [0.5, 0.6) is 0 Å². The van der Waals surface area contributed by atoms with Crippen LogP contribution in [0, 0.1) is 5.41 Å². The van der Waals surface area contributed by atoms with Gasteiger partial charge in [-0.1, -0.05) is 32.9 Å². The summed E-state index contributed by atoms with van der Waals surface area (Å²) >= 11 is 0. The summed E-state index contributed by atoms with van der Waals surface area (Å²) in [6.45, 7) is 6.46. The van der Waals surface area contributed by atoms with Crippen LogP contribution in [-0.2, 0) is 0 Å². The Morgan fingerprint density at radius 1 is 1.11 bits per heavy atom. The molecule has 2 amide bonds. The Bertz CT molecular complexity index is 552. The molecule has 1 aliphatic rings. The van der Waals surface area contributed by atoms with E-state index < -0.39 is 0 Å². The first kappa shape index (κ1) is 13.3. The molecule has 1 heterocycles. The zero-order valence-electron chi connectivity index (χ0n) is 11.4. The van der Waals surface area contributed by atoms with E-state index in [-0.39, 0.29) is 23.8 Å². The van der Waals surface area contributed by atoms with Gasteiger partial charge in [0.2, 0.25) is 0 Å². The molecule has 19 heavy (non-hydrogen) atoms. The van der Waals surface area contributed by atoms with Crippen molar-refractivity contribution in [2.75, 3.05) is 6.54 Å². The fraction of sp³-hybridized carbons (Fsp3) is 0.312. The maximum absolute atomic E-state index is 12.0. The molecule has 0 radical (unpaired) electrons. The van der Waals surface area contributed by atoms with Gasteiger partial charge in [0.05, 0.1) is 17.7 Å². The summed E-state index contributed by atoms with van der Waals surface area (Å²) in [5.74, 6) is -0.455. The van der Waals surface area contributed by atoms with E-state index in [1.165, 1.54) is 4.90 Å². The first-order chi connectivity index (χ1) is 8.90. The van der Waals surface area contributed by atoms with Gasteiger partial charge in [-0.05, 0) is 29.7 Å². The van der Waals surface area contributed by atoms with Crippen molar-refractivity contribution in [1.29, 1.82) is 0 Å². The average Bonchev–Trinajstić information content (AvgIpc) is 2.58. The summed E-state index contributed by atoms with van der Waals surface area (Å²) in [6.07, 6.45) is 3.64. The molecule has 2 rings (SSSR count). The standard InChI is InChI=1S/C16H17NO2/c1-16(2,3)10-6-7-11-17-14(18)12-8-4-5-9-13(12)15(17)19/h4-5,7-10H,11H2,1-3H3. The number of fused-ring (bicyclic) bond motifs is 1. The fourth-order valence-corrected chi connectivity index (χ4v) is 1.86. The molecule has 0 fully saturated rings. The van der Waals surface area contributed by atoms with Gasteiger partial charge in [-0.15, -0.1) is 5.73 Å². The largest absolute Gasteiger partial charge is 0.270 e. The Balaban J connectivity index is 2.15. The Hall–Kier alpha value is -2.12. The van der Waals surface area contributed by atoms with Crippen molar-refractivity contribution in [1.82, 2.24) is 4.90 Å². The number of hydrogen-bond acceptors (Lipinski definition) is 2. The Labute approximate surface area is 113 Å². The average molecular weight is 255 g/mol. The van der Waals surface area contributed by atoms with E-state index in [1.54, 1.807) is 30.3 Å². The van der Waals surface area contributed by atoms with Gasteiger partial charge in [-0.25, -0.2) is 0 Å². The number of benzene rings is 1. The van der Waals surface area contributed by atoms with Crippen molar-refractivity contribution in [3.8, 4) is 0 Å². The van der Waals surface area contributed by atoms with Crippen LogP contribution in [-0.4, -0.2) is 23.3 Å². The number of imide groups is 1. The molecule has 0 aliphatic carbocycles. The van der Waals surface area contributed by atoms with Gasteiger partial charge in [0.1, 0.15) is 0 Å². The van der Waals surface area contributed by atoms with E-state index in [9.17, 15) is 9.59 Å². The van der Waals surface area contributed by atoms with Crippen molar-refractivity contribution in [3.63, 3.8) is 0 Å². The van der Waals surface area contributed by atoms with Gasteiger partial charge in [0.25, 0.3) is 11.8 Å². The molecule has 1 aliphatic heterocycles. The van der Waals surface area contributed by atoms with E-state index in [0.717, 1.165) is 0 Å². The summed E-state index contributed by atoms with van der Waals surface area (Å²) in [6, 6.07) is 6.90. The second kappa shape index (κ2) is 4.87. The van der Waals surface area contributed by atoms with Crippen LogP contribution < -0.4 is 0 Å². The SMILES string of the molecule is CC(C)(C)C=C=CCN1C(=O)c2ccccc2C1=O. The molecule has 0 saturated carbocycles. The molecule has 3 nitrogen and oxygen atoms in total. The maximum Gasteiger partial charge on any atom is 0.261 e. The molecule has 0 saturated heterocycles. The summed E-state index contributed by atoms with van der Waals surface area (Å²) in [5, 5.41) is 0. The minimum Gasteiger partial charge on any atom is -0.270 e. The second-order valence-electron chi connectivity index (χ2n) is 5.65. The van der Waals surface area contributed by atoms with E-state index in [0.29, 0.717) is 11.1 Å². The predicted molar refractivity (Wildman–Crippen MR) is 73.9 cm³/mol. The minimum absolute atomic E-state index is 0.0402. The molecule has 0 aromatic heterocycles. The first-order valence-corrected chi connectivity index (χ1v) is 6.27. The highest BCUT2D eigenvalue weighted by atomic mass is 16.2. The Morgan fingerprint density at radius 3 is 2.11 bits per heavy atom. The molecular formula is C16H17NO2. The maximum atomic E-state index is 12.0. The van der Waals surface area contributed by atoms with E-state index in [4.69, 9.17) is 0 Å². The highest BCUT2D eigenvalue weighted by molar-refractivity contribution is 6.21. The molecule has 98 valence electrons. The summed E-state index contributed by atoms with van der Waals surface area (Å²) in [4.78, 5) is 25.3. The van der Waals surface area contributed by atoms with Gasteiger partial charge in [0, 0.05) is 0 Å². The summed E-state index contributed by atoms with van der Waals surface area (Å²) in [5.41, 5.74) is 4.04. The van der Waals surface area contributed by atoms with Gasteiger partial charge < -0.3 is 0 Å². The third-order valence-electron chi connectivity index (χ3n) is 2.79. The number of rotatable bonds is 2. The zero-order valence-corrected chi connectivity index (χ0v) is 11.4. The Morgan fingerprint density at radius 2 is 1.63 bits per heavy atom. The van der Waals surface area contributed by atoms with Gasteiger partial charge in [-0.3, -0.25) is 14.5 Å². The molecule has 0 spiro atoms. The van der Waals surface area contributed by atoms with Crippen LogP contribution in [0.4, 0.5) is 0 Å². The van der Waals surface area contributed by atoms with E-state index in [1.807, 2.05) is 6.08 Å². The predicted octanol–water partition coefficient (Wildman–Crippen LogP) is 3.04. The third-order valence-corrected chi connectivity index (χ3v) is 2.79. The smallest absolute Gasteiger partial charge is 0.261 e. The number of amides is 2. The number of carbonyl (C=O) groups excluding carboxylic acids is 2. The highest BCUT2D eigenvalue weighted by Gasteiger charge is 2.34. The molecule has 0 N–H and O–H groups in total. The highest BCUT2D eigenvalue weighted by Crippen LogP contribution is 2.22. The van der Waals surface area contributed by atoms with Gasteiger partial charge >= 0.3 is 0 Å². The first-order valence-electron chi connectivity index (χ1n) is 6.27. The van der Waals surface area contributed by atoms with Crippen molar-refractivity contribution in [2.45, 2.75) is 20.8 Å². The van der Waals surface area contributed by atoms with Gasteiger partial charge in [0.15, 0.2) is 0 Å². The molecule has 0 atom stereocenters. The quantitative estimate of drug-likeness (QED) is 0.601. The minimum atomic E-state index is -0.227. The second-order valence-corrected chi connectivity index (χ2v) is 5.65. The normalized spacial score (nSPS) is 14.2. The summed E-state index contributed by atoms with van der Waals surface area (Å²) < 4.78 is 0. The lowest BCUT2D eigenvalue weighted by atomic mass is 9.97. The lowest BCUT2D eigenvalue weighted by molar-refractivity contribution is 0.0672. The molecule has 1 aromatic rings. The zero-order chi connectivity index (χ0) is 14.0. The van der Waals surface area contributed by atoms with Crippen LogP contribution in [0.2, 0.25) is 0 Å². The third kappa shape index (κ3) is 2.83. The summed E-state index contributed by atoms with van der Waals surface area (Å²) in [7, 11) is 0. The van der Waals surface area contributed by atoms with Crippen molar-refractivity contribution < 1.29 is 9.59 Å². The van der Waals surface area contributed by atoms with Crippen LogP contribution in [0.1, 0.15) is 41.5 Å². The fourth-order valence-electron chi connectivity index (χ4n) is 1.86. The molecular weight excluding hydrogens is 238 g/mol. The van der Waals surface area contributed by atoms with Crippen LogP contribution in [0.15, 0.2) is 42.1 Å². The van der Waals surface area contributed by atoms with Crippen molar-refractivity contribution in [3.05, 3.63) is 53.3 Å². The number of hydrogen-bond donors (Lipinski definition) is 0. The monoisotopic (exact) mass is 255 g/mol. The van der Waals surface area contributed by atoms with Crippen molar-refractivity contribution >= 4 is 11.8 Å². The van der Waals surface area contributed by atoms with Crippen LogP contribution in [0.3, 0.4) is 0 Å². The van der Waals surface area contributed by atoms with Crippen molar-refractivity contribution in [2.24, 2.45) is 5.41 Å².